The summed E-state index contributed by atoms with van der Waals surface area (Å²) in [6, 6.07) is 0. The Morgan fingerprint density at radius 2 is 1.46 bits per heavy atom. The summed E-state index contributed by atoms with van der Waals surface area (Å²) in [5.74, 6) is -1.08. The Kier molecular flexibility index (Phi) is 14.1. The van der Waals surface area contributed by atoms with Gasteiger partial charge in [-0.05, 0) is 26.7 Å². The average molecular weight is 206 g/mol. The molecule has 0 atom stereocenters. The van der Waals surface area contributed by atoms with Crippen molar-refractivity contribution in [2.75, 3.05) is 18.5 Å². The van der Waals surface area contributed by atoms with E-state index in [-0.39, 0.29) is 7.92 Å². The van der Waals surface area contributed by atoms with Crippen molar-refractivity contribution in [3.63, 3.8) is 0 Å². The molecule has 0 aromatic carbocycles. The van der Waals surface area contributed by atoms with E-state index in [9.17, 15) is 0 Å². The Morgan fingerprint density at radius 3 is 1.62 bits per heavy atom. The van der Waals surface area contributed by atoms with Gasteiger partial charge in [-0.2, -0.15) is 0 Å². The maximum absolute atomic E-state index is 8.89. The van der Waals surface area contributed by atoms with Crippen molar-refractivity contribution in [3.8, 4) is 0 Å². The zero-order chi connectivity index (χ0) is 10.7. The molecule has 0 heterocycles. The van der Waals surface area contributed by atoms with E-state index in [0.29, 0.717) is 0 Å². The quantitative estimate of drug-likeness (QED) is 0.643. The van der Waals surface area contributed by atoms with Gasteiger partial charge in [0.15, 0.2) is 0 Å². The molecule has 0 N–H and O–H groups in total. The van der Waals surface area contributed by atoms with Crippen molar-refractivity contribution in [2.45, 2.75) is 40.5 Å². The van der Waals surface area contributed by atoms with Crippen molar-refractivity contribution in [2.24, 2.45) is 0 Å². The van der Waals surface area contributed by atoms with Crippen LogP contribution in [-0.2, 0) is 4.79 Å². The molecule has 0 rings (SSSR count). The molecule has 0 amide bonds. The lowest BCUT2D eigenvalue weighted by atomic mass is 10.6. The molecular weight excluding hydrogens is 183 g/mol. The van der Waals surface area contributed by atoms with Crippen LogP contribution in [0, 0.1) is 0 Å². The van der Waals surface area contributed by atoms with E-state index in [1.165, 1.54) is 31.3 Å². The van der Waals surface area contributed by atoms with Crippen LogP contribution in [0.4, 0.5) is 0 Å². The number of carbonyl (C=O) groups excluding carboxylic acids is 1. The summed E-state index contributed by atoms with van der Waals surface area (Å²) < 4.78 is 0. The summed E-state index contributed by atoms with van der Waals surface area (Å²) >= 11 is 0. The minimum Gasteiger partial charge on any atom is -0.550 e. The van der Waals surface area contributed by atoms with Crippen molar-refractivity contribution in [1.82, 2.24) is 0 Å². The molecule has 0 aliphatic rings. The SMILES string of the molecule is CC(=O)[O-].CCC[PH+](CC)CCC. The van der Waals surface area contributed by atoms with Crippen LogP contribution in [-0.4, -0.2) is 24.5 Å². The molecule has 0 aliphatic carbocycles. The zero-order valence-electron chi connectivity index (χ0n) is 9.35. The first-order valence-electron chi connectivity index (χ1n) is 5.09. The highest BCUT2D eigenvalue weighted by Crippen LogP contribution is 2.35. The van der Waals surface area contributed by atoms with Gasteiger partial charge in [-0.25, -0.2) is 0 Å². The molecule has 3 heteroatoms. The van der Waals surface area contributed by atoms with Gasteiger partial charge in [0.25, 0.3) is 0 Å². The summed E-state index contributed by atoms with van der Waals surface area (Å²) in [5.41, 5.74) is 0. The van der Waals surface area contributed by atoms with Crippen LogP contribution in [0.1, 0.15) is 40.5 Å². The van der Waals surface area contributed by atoms with Gasteiger partial charge in [0.2, 0.25) is 0 Å². The highest BCUT2D eigenvalue weighted by molar-refractivity contribution is 7.57. The van der Waals surface area contributed by atoms with Crippen LogP contribution in [0.2, 0.25) is 0 Å². The van der Waals surface area contributed by atoms with E-state index in [1.807, 2.05) is 0 Å². The van der Waals surface area contributed by atoms with Crippen molar-refractivity contribution in [1.29, 1.82) is 0 Å². The molecular formula is C10H23O2P. The first kappa shape index (κ1) is 15.4. The fourth-order valence-electron chi connectivity index (χ4n) is 1.19. The molecule has 0 saturated carbocycles. The maximum Gasteiger partial charge on any atom is 0.0569 e. The number of hydrogen-bond donors (Lipinski definition) is 0. The van der Waals surface area contributed by atoms with Crippen LogP contribution in [0.25, 0.3) is 0 Å². The summed E-state index contributed by atoms with van der Waals surface area (Å²) in [4.78, 5) is 8.89. The van der Waals surface area contributed by atoms with Crippen molar-refractivity contribution >= 4 is 13.9 Å². The molecule has 0 aromatic heterocycles. The molecule has 13 heavy (non-hydrogen) atoms. The van der Waals surface area contributed by atoms with Crippen LogP contribution in [0.3, 0.4) is 0 Å². The van der Waals surface area contributed by atoms with E-state index in [4.69, 9.17) is 9.90 Å². The fraction of sp³-hybridized carbons (Fsp3) is 0.900. The predicted molar refractivity (Wildman–Crippen MR) is 59.9 cm³/mol. The minimum absolute atomic E-state index is 0.114. The number of carboxylic acids is 1. The predicted octanol–water partition coefficient (Wildman–Crippen LogP) is 1.80. The Labute approximate surface area is 83.5 Å². The standard InChI is InChI=1S/C8H19P.C2H4O2/c1-4-7-9(6-3)8-5-2;1-2(3)4/h4-8H2,1-3H3;1H3,(H,3,4). The molecule has 80 valence electrons. The van der Waals surface area contributed by atoms with E-state index < -0.39 is 5.97 Å². The molecule has 0 aliphatic heterocycles. The molecule has 0 aromatic rings. The Bertz CT molecular complexity index is 105. The Balaban J connectivity index is 0. The topological polar surface area (TPSA) is 40.1 Å². The normalized spacial score (nSPS) is 9.31. The smallest absolute Gasteiger partial charge is 0.0569 e. The van der Waals surface area contributed by atoms with E-state index in [0.717, 1.165) is 6.92 Å². The lowest BCUT2D eigenvalue weighted by molar-refractivity contribution is -0.302. The summed E-state index contributed by atoms with van der Waals surface area (Å²) in [7, 11) is 0.114. The van der Waals surface area contributed by atoms with Gasteiger partial charge in [-0.1, -0.05) is 13.8 Å². The molecule has 2 nitrogen and oxygen atoms in total. The van der Waals surface area contributed by atoms with Crippen LogP contribution in [0.15, 0.2) is 0 Å². The number of aliphatic carboxylic acids is 1. The van der Waals surface area contributed by atoms with Gasteiger partial charge in [-0.15, -0.1) is 0 Å². The zero-order valence-corrected chi connectivity index (χ0v) is 10.4. The Morgan fingerprint density at radius 1 is 1.15 bits per heavy atom. The van der Waals surface area contributed by atoms with Gasteiger partial charge in [0.05, 0.1) is 18.5 Å². The highest BCUT2D eigenvalue weighted by atomic mass is 31.1. The second-order valence-corrected chi connectivity index (χ2v) is 6.30. The van der Waals surface area contributed by atoms with Crippen molar-refractivity contribution < 1.29 is 9.90 Å². The number of carbonyl (C=O) groups is 1. The van der Waals surface area contributed by atoms with E-state index >= 15 is 0 Å². The lowest BCUT2D eigenvalue weighted by Crippen LogP contribution is -2.16. The first-order chi connectivity index (χ1) is 6.08. The molecule has 0 fully saturated rings. The molecule has 0 bridgehead atoms. The van der Waals surface area contributed by atoms with Gasteiger partial charge in [0, 0.05) is 13.9 Å². The fourth-order valence-corrected chi connectivity index (χ4v) is 3.56. The van der Waals surface area contributed by atoms with E-state index in [1.54, 1.807) is 0 Å². The van der Waals surface area contributed by atoms with Gasteiger partial charge in [-0.3, -0.25) is 0 Å². The van der Waals surface area contributed by atoms with Gasteiger partial charge >= 0.3 is 0 Å². The third-order valence-electron chi connectivity index (χ3n) is 1.71. The second-order valence-electron chi connectivity index (χ2n) is 3.10. The molecule has 0 unspecified atom stereocenters. The van der Waals surface area contributed by atoms with Gasteiger partial charge in [0.1, 0.15) is 0 Å². The third kappa shape index (κ3) is 18.7. The van der Waals surface area contributed by atoms with E-state index in [2.05, 4.69) is 20.8 Å². The van der Waals surface area contributed by atoms with Crippen molar-refractivity contribution in [3.05, 3.63) is 0 Å². The number of hydrogen-bond acceptors (Lipinski definition) is 2. The first-order valence-corrected chi connectivity index (χ1v) is 7.21. The molecule has 0 spiro atoms. The summed E-state index contributed by atoms with van der Waals surface area (Å²) in [6.45, 7) is 7.92. The molecule has 0 radical (unpaired) electrons. The van der Waals surface area contributed by atoms with Crippen LogP contribution in [0.5, 0.6) is 0 Å². The molecule has 0 saturated heterocycles. The van der Waals surface area contributed by atoms with Crippen LogP contribution < -0.4 is 5.11 Å². The summed E-state index contributed by atoms with van der Waals surface area (Å²) in [5, 5.41) is 8.89. The van der Waals surface area contributed by atoms with Gasteiger partial charge < -0.3 is 9.90 Å². The summed E-state index contributed by atoms with van der Waals surface area (Å²) in [6.07, 6.45) is 7.36. The second kappa shape index (κ2) is 11.9. The highest BCUT2D eigenvalue weighted by Gasteiger charge is 2.08. The lowest BCUT2D eigenvalue weighted by Gasteiger charge is -2.03. The number of rotatable bonds is 5. The third-order valence-corrected chi connectivity index (χ3v) is 5.12. The minimum atomic E-state index is -1.08. The van der Waals surface area contributed by atoms with Crippen LogP contribution >= 0.6 is 7.92 Å². The average Bonchev–Trinajstić information content (AvgIpc) is 2.03. The Hall–Kier alpha value is -0.100. The maximum atomic E-state index is 8.89. The number of carboxylic acid groups (broad SMARTS) is 1. The largest absolute Gasteiger partial charge is 0.550 e. The monoisotopic (exact) mass is 206 g/mol.